The summed E-state index contributed by atoms with van der Waals surface area (Å²) in [7, 11) is 0. The molecule has 2 rings (SSSR count). The number of carbonyl (C=O) groups is 2. The van der Waals surface area contributed by atoms with Gasteiger partial charge in [-0.15, -0.1) is 0 Å². The third-order valence-corrected chi connectivity index (χ3v) is 3.84. The first-order valence-electron chi connectivity index (χ1n) is 8.11. The van der Waals surface area contributed by atoms with E-state index in [2.05, 4.69) is 5.32 Å². The topological polar surface area (TPSA) is 79.2 Å². The Labute approximate surface area is 147 Å². The number of nitriles is 1. The third kappa shape index (κ3) is 4.92. The van der Waals surface area contributed by atoms with Crippen LogP contribution in [0.3, 0.4) is 0 Å². The van der Waals surface area contributed by atoms with Crippen molar-refractivity contribution in [3.05, 3.63) is 65.7 Å². The first kappa shape index (κ1) is 18.2. The molecule has 0 heterocycles. The highest BCUT2D eigenvalue weighted by Crippen LogP contribution is 2.21. The number of amides is 1. The molecule has 1 N–H and O–H groups in total. The van der Waals surface area contributed by atoms with Gasteiger partial charge in [0.15, 0.2) is 6.10 Å². The summed E-state index contributed by atoms with van der Waals surface area (Å²) in [6.07, 6.45) is -0.326. The van der Waals surface area contributed by atoms with Crippen LogP contribution in [0.25, 0.3) is 0 Å². The molecule has 0 radical (unpaired) electrons. The number of ether oxygens (including phenoxy) is 1. The number of rotatable bonds is 6. The number of hydrogen-bond acceptors (Lipinski definition) is 4. The summed E-state index contributed by atoms with van der Waals surface area (Å²) in [5.41, 5.74) is 1.92. The van der Waals surface area contributed by atoms with Crippen LogP contribution in [0.1, 0.15) is 37.3 Å². The standard InChI is InChI=1S/C20H20N2O3/c1-3-18(16-7-5-4-6-8-16)20(24)25-14(2)19(23)22-17-11-9-15(13-21)10-12-17/h4-12,14,18H,3H2,1-2H3,(H,22,23)/t14-,18-/m1/s1. The lowest BCUT2D eigenvalue weighted by atomic mass is 9.97. The van der Waals surface area contributed by atoms with Gasteiger partial charge in [-0.2, -0.15) is 5.26 Å². The number of benzene rings is 2. The summed E-state index contributed by atoms with van der Waals surface area (Å²) < 4.78 is 5.33. The fraction of sp³-hybridized carbons (Fsp3) is 0.250. The van der Waals surface area contributed by atoms with Crippen molar-refractivity contribution in [2.75, 3.05) is 5.32 Å². The first-order valence-corrected chi connectivity index (χ1v) is 8.11. The second kappa shape index (κ2) is 8.65. The van der Waals surface area contributed by atoms with Crippen molar-refractivity contribution in [1.29, 1.82) is 5.26 Å². The highest BCUT2D eigenvalue weighted by atomic mass is 16.5. The van der Waals surface area contributed by atoms with Crippen LogP contribution in [0.5, 0.6) is 0 Å². The molecule has 0 bridgehead atoms. The molecule has 0 aliphatic heterocycles. The van der Waals surface area contributed by atoms with E-state index in [1.54, 1.807) is 24.3 Å². The van der Waals surface area contributed by atoms with Gasteiger partial charge in [0.1, 0.15) is 0 Å². The van der Waals surface area contributed by atoms with E-state index in [1.807, 2.05) is 43.3 Å². The van der Waals surface area contributed by atoms with Gasteiger partial charge in [0.25, 0.3) is 5.91 Å². The zero-order valence-corrected chi connectivity index (χ0v) is 14.2. The minimum absolute atomic E-state index is 0.397. The van der Waals surface area contributed by atoms with Crippen LogP contribution in [-0.2, 0) is 14.3 Å². The summed E-state index contributed by atoms with van der Waals surface area (Å²) in [6, 6.07) is 17.8. The van der Waals surface area contributed by atoms with Crippen LogP contribution in [-0.4, -0.2) is 18.0 Å². The molecular formula is C20H20N2O3. The fourth-order valence-corrected chi connectivity index (χ4v) is 2.41. The van der Waals surface area contributed by atoms with Crippen LogP contribution in [0.4, 0.5) is 5.69 Å². The number of nitrogens with one attached hydrogen (secondary N) is 1. The quantitative estimate of drug-likeness (QED) is 0.817. The molecule has 5 nitrogen and oxygen atoms in total. The predicted octanol–water partition coefficient (Wildman–Crippen LogP) is 3.62. The van der Waals surface area contributed by atoms with Crippen LogP contribution in [0.2, 0.25) is 0 Å². The Bertz CT molecular complexity index is 764. The summed E-state index contributed by atoms with van der Waals surface area (Å²) in [4.78, 5) is 24.6. The molecule has 0 aliphatic carbocycles. The minimum Gasteiger partial charge on any atom is -0.452 e. The highest BCUT2D eigenvalue weighted by Gasteiger charge is 2.25. The van der Waals surface area contributed by atoms with E-state index in [4.69, 9.17) is 10.00 Å². The Morgan fingerprint density at radius 2 is 1.76 bits per heavy atom. The van der Waals surface area contributed by atoms with Crippen molar-refractivity contribution in [2.45, 2.75) is 32.3 Å². The molecule has 2 aromatic carbocycles. The van der Waals surface area contributed by atoms with E-state index in [1.165, 1.54) is 6.92 Å². The zero-order chi connectivity index (χ0) is 18.2. The first-order chi connectivity index (χ1) is 12.0. The normalized spacial score (nSPS) is 12.5. The molecule has 128 valence electrons. The minimum atomic E-state index is -0.916. The maximum Gasteiger partial charge on any atom is 0.314 e. The largest absolute Gasteiger partial charge is 0.452 e. The smallest absolute Gasteiger partial charge is 0.314 e. The average molecular weight is 336 g/mol. The van der Waals surface area contributed by atoms with Crippen molar-refractivity contribution < 1.29 is 14.3 Å². The number of nitrogens with zero attached hydrogens (tertiary/aromatic N) is 1. The molecule has 2 atom stereocenters. The zero-order valence-electron chi connectivity index (χ0n) is 14.2. The third-order valence-electron chi connectivity index (χ3n) is 3.84. The summed E-state index contributed by atoms with van der Waals surface area (Å²) in [6.45, 7) is 3.44. The van der Waals surface area contributed by atoms with Gasteiger partial charge in [0.2, 0.25) is 0 Å². The van der Waals surface area contributed by atoms with Crippen LogP contribution in [0.15, 0.2) is 54.6 Å². The van der Waals surface area contributed by atoms with E-state index in [9.17, 15) is 9.59 Å². The SMILES string of the molecule is CC[C@@H](C(=O)O[C@H](C)C(=O)Nc1ccc(C#N)cc1)c1ccccc1. The number of anilines is 1. The van der Waals surface area contributed by atoms with Crippen molar-refractivity contribution in [3.63, 3.8) is 0 Å². The molecule has 0 saturated carbocycles. The lowest BCUT2D eigenvalue weighted by Gasteiger charge is -2.18. The molecular weight excluding hydrogens is 316 g/mol. The maximum atomic E-state index is 12.4. The lowest BCUT2D eigenvalue weighted by Crippen LogP contribution is -2.31. The lowest BCUT2D eigenvalue weighted by molar-refractivity contribution is -0.154. The molecule has 0 fully saturated rings. The fourth-order valence-electron chi connectivity index (χ4n) is 2.41. The van der Waals surface area contributed by atoms with Crippen LogP contribution >= 0.6 is 0 Å². The number of carbonyl (C=O) groups excluding carboxylic acids is 2. The van der Waals surface area contributed by atoms with E-state index >= 15 is 0 Å². The molecule has 1 amide bonds. The second-order valence-electron chi connectivity index (χ2n) is 5.63. The van der Waals surface area contributed by atoms with Crippen molar-refractivity contribution >= 4 is 17.6 Å². The van der Waals surface area contributed by atoms with Crippen molar-refractivity contribution in [2.24, 2.45) is 0 Å². The van der Waals surface area contributed by atoms with Crippen molar-refractivity contribution in [1.82, 2.24) is 0 Å². The Hall–Kier alpha value is -3.13. The predicted molar refractivity (Wildman–Crippen MR) is 94.8 cm³/mol. The molecule has 25 heavy (non-hydrogen) atoms. The average Bonchev–Trinajstić information content (AvgIpc) is 2.63. The van der Waals surface area contributed by atoms with E-state index < -0.39 is 23.9 Å². The molecule has 5 heteroatoms. The Balaban J connectivity index is 1.97. The van der Waals surface area contributed by atoms with E-state index in [0.29, 0.717) is 17.7 Å². The van der Waals surface area contributed by atoms with E-state index in [-0.39, 0.29) is 0 Å². The molecule has 0 aromatic heterocycles. The molecule has 0 unspecified atom stereocenters. The Morgan fingerprint density at radius 1 is 1.12 bits per heavy atom. The van der Waals surface area contributed by atoms with Crippen LogP contribution < -0.4 is 5.32 Å². The number of esters is 1. The van der Waals surface area contributed by atoms with Gasteiger partial charge in [-0.3, -0.25) is 9.59 Å². The van der Waals surface area contributed by atoms with Gasteiger partial charge in [0, 0.05) is 5.69 Å². The van der Waals surface area contributed by atoms with Gasteiger partial charge in [-0.25, -0.2) is 0 Å². The maximum absolute atomic E-state index is 12.4. The summed E-state index contributed by atoms with van der Waals surface area (Å²) in [5, 5.41) is 11.4. The monoisotopic (exact) mass is 336 g/mol. The van der Waals surface area contributed by atoms with Gasteiger partial charge >= 0.3 is 5.97 Å². The van der Waals surface area contributed by atoms with Gasteiger partial charge in [0.05, 0.1) is 17.6 Å². The molecule has 0 saturated heterocycles. The van der Waals surface area contributed by atoms with Crippen LogP contribution in [0, 0.1) is 11.3 Å². The van der Waals surface area contributed by atoms with Crippen molar-refractivity contribution in [3.8, 4) is 6.07 Å². The summed E-state index contributed by atoms with van der Waals surface area (Å²) in [5.74, 6) is -1.23. The molecule has 0 spiro atoms. The van der Waals surface area contributed by atoms with E-state index in [0.717, 1.165) is 5.56 Å². The Kier molecular flexibility index (Phi) is 6.30. The molecule has 2 aromatic rings. The van der Waals surface area contributed by atoms with Gasteiger partial charge in [-0.05, 0) is 43.2 Å². The number of hydrogen-bond donors (Lipinski definition) is 1. The highest BCUT2D eigenvalue weighted by molar-refractivity contribution is 5.95. The van der Waals surface area contributed by atoms with Gasteiger partial charge < -0.3 is 10.1 Å². The summed E-state index contributed by atoms with van der Waals surface area (Å²) >= 11 is 0. The second-order valence-corrected chi connectivity index (χ2v) is 5.63. The van der Waals surface area contributed by atoms with Gasteiger partial charge in [-0.1, -0.05) is 37.3 Å². The molecule has 0 aliphatic rings. The Morgan fingerprint density at radius 3 is 2.32 bits per heavy atom.